The van der Waals surface area contributed by atoms with Crippen molar-refractivity contribution in [3.05, 3.63) is 24.0 Å². The summed E-state index contributed by atoms with van der Waals surface area (Å²) in [5.41, 5.74) is -0.748. The average molecular weight is 133 g/mol. The summed E-state index contributed by atoms with van der Waals surface area (Å²) in [5.74, 6) is 0. The van der Waals surface area contributed by atoms with Gasteiger partial charge < -0.3 is 0 Å². The van der Waals surface area contributed by atoms with Crippen LogP contribution < -0.4 is 5.32 Å². The van der Waals surface area contributed by atoms with Gasteiger partial charge in [-0.3, -0.25) is 5.32 Å². The van der Waals surface area contributed by atoms with E-state index in [1.165, 1.54) is 0 Å². The molecule has 1 rings (SSSR count). The smallest absolute Gasteiger partial charge is 0.254 e. The van der Waals surface area contributed by atoms with Crippen LogP contribution in [0.15, 0.2) is 17.8 Å². The molecule has 0 aromatic rings. The highest BCUT2D eigenvalue weighted by Gasteiger charge is 2.33. The normalized spacial score (nSPS) is 17.4. The van der Waals surface area contributed by atoms with Crippen LogP contribution in [0.25, 0.3) is 0 Å². The Morgan fingerprint density at radius 2 is 2.11 bits per heavy atom. The molecule has 0 spiro atoms. The van der Waals surface area contributed by atoms with E-state index in [1.807, 2.05) is 0 Å². The molecular formula is C5H2F3N. The van der Waals surface area contributed by atoms with E-state index in [2.05, 4.69) is 11.5 Å². The quantitative estimate of drug-likeness (QED) is 0.473. The Morgan fingerprint density at radius 3 is 2.33 bits per heavy atom. The third kappa shape index (κ3) is 1.25. The highest BCUT2D eigenvalue weighted by Crippen LogP contribution is 2.27. The number of allylic oxidation sites excluding steroid dienone is 2. The zero-order chi connectivity index (χ0) is 6.91. The van der Waals surface area contributed by atoms with E-state index in [0.717, 1.165) is 12.3 Å². The van der Waals surface area contributed by atoms with Crippen molar-refractivity contribution in [2.45, 2.75) is 6.18 Å². The SMILES string of the molecule is FC(F)(F)C1=C[N][C]=C1. The number of halogens is 3. The Bertz CT molecular complexity index is 166. The first-order valence-corrected chi connectivity index (χ1v) is 2.16. The maximum Gasteiger partial charge on any atom is 0.417 e. The molecule has 1 aliphatic rings. The molecule has 1 aliphatic heterocycles. The predicted molar refractivity (Wildman–Crippen MR) is 24.1 cm³/mol. The fraction of sp³-hybridized carbons (Fsp3) is 0.200. The first-order chi connectivity index (χ1) is 4.11. The molecule has 0 N–H and O–H groups in total. The molecule has 0 unspecified atom stereocenters. The van der Waals surface area contributed by atoms with Crippen molar-refractivity contribution >= 4 is 0 Å². The number of nitrogens with zero attached hydrogens (tertiary/aromatic N) is 1. The number of rotatable bonds is 0. The topological polar surface area (TPSA) is 14.1 Å². The van der Waals surface area contributed by atoms with Gasteiger partial charge in [0.1, 0.15) is 0 Å². The molecule has 2 radical (unpaired) electrons. The Hall–Kier alpha value is -0.930. The summed E-state index contributed by atoms with van der Waals surface area (Å²) >= 11 is 0. The summed E-state index contributed by atoms with van der Waals surface area (Å²) in [4.78, 5) is 0. The average Bonchev–Trinajstić information content (AvgIpc) is 2.08. The minimum atomic E-state index is -4.27. The van der Waals surface area contributed by atoms with Gasteiger partial charge in [-0.1, -0.05) is 0 Å². The van der Waals surface area contributed by atoms with Crippen LogP contribution in [0, 0.1) is 6.20 Å². The Balaban J connectivity index is 2.73. The van der Waals surface area contributed by atoms with Crippen LogP contribution in [0.4, 0.5) is 13.2 Å². The Kier molecular flexibility index (Phi) is 1.23. The van der Waals surface area contributed by atoms with Gasteiger partial charge in [-0.2, -0.15) is 13.2 Å². The van der Waals surface area contributed by atoms with Crippen LogP contribution in [0.5, 0.6) is 0 Å². The van der Waals surface area contributed by atoms with E-state index in [0.29, 0.717) is 0 Å². The van der Waals surface area contributed by atoms with Gasteiger partial charge >= 0.3 is 6.18 Å². The third-order valence-corrected chi connectivity index (χ3v) is 0.826. The summed E-state index contributed by atoms with van der Waals surface area (Å²) in [5, 5.41) is 3.14. The van der Waals surface area contributed by atoms with Crippen LogP contribution in [-0.4, -0.2) is 6.18 Å². The first-order valence-electron chi connectivity index (χ1n) is 2.16. The summed E-state index contributed by atoms with van der Waals surface area (Å²) in [6.45, 7) is 0. The molecule has 0 amide bonds. The van der Waals surface area contributed by atoms with Crippen molar-refractivity contribution < 1.29 is 13.2 Å². The van der Waals surface area contributed by atoms with Crippen LogP contribution in [0.2, 0.25) is 0 Å². The van der Waals surface area contributed by atoms with E-state index < -0.39 is 11.7 Å². The van der Waals surface area contributed by atoms with Gasteiger partial charge in [0, 0.05) is 6.20 Å². The minimum absolute atomic E-state index is 0.736. The fourth-order valence-electron chi connectivity index (χ4n) is 0.406. The second-order valence-electron chi connectivity index (χ2n) is 1.48. The molecule has 48 valence electrons. The van der Waals surface area contributed by atoms with Gasteiger partial charge in [-0.25, -0.2) is 0 Å². The lowest BCUT2D eigenvalue weighted by molar-refractivity contribution is -0.0881. The van der Waals surface area contributed by atoms with E-state index in [-0.39, 0.29) is 0 Å². The number of hydrogen-bond acceptors (Lipinski definition) is 0. The standard InChI is InChI=1S/C5H2F3N/c6-5(7,8)4-1-2-9-3-4/h1,3H. The molecule has 0 bridgehead atoms. The maximum atomic E-state index is 11.6. The number of alkyl halides is 3. The van der Waals surface area contributed by atoms with Crippen molar-refractivity contribution in [1.29, 1.82) is 0 Å². The zero-order valence-electron chi connectivity index (χ0n) is 4.24. The molecule has 0 atom stereocenters. The van der Waals surface area contributed by atoms with Gasteiger partial charge in [0.15, 0.2) is 0 Å². The molecule has 1 heterocycles. The van der Waals surface area contributed by atoms with Crippen molar-refractivity contribution in [3.8, 4) is 0 Å². The van der Waals surface area contributed by atoms with Gasteiger partial charge in [-0.15, -0.1) is 0 Å². The van der Waals surface area contributed by atoms with Gasteiger partial charge in [0.2, 0.25) is 0 Å². The highest BCUT2D eigenvalue weighted by molar-refractivity contribution is 5.25. The van der Waals surface area contributed by atoms with Crippen molar-refractivity contribution in [2.24, 2.45) is 0 Å². The molecule has 9 heavy (non-hydrogen) atoms. The first kappa shape index (κ1) is 6.19. The predicted octanol–water partition coefficient (Wildman–Crippen LogP) is 1.37. The largest absolute Gasteiger partial charge is 0.417 e. The molecule has 0 aromatic carbocycles. The van der Waals surface area contributed by atoms with Crippen molar-refractivity contribution in [3.63, 3.8) is 0 Å². The lowest BCUT2D eigenvalue weighted by Crippen LogP contribution is -2.08. The summed E-state index contributed by atoms with van der Waals surface area (Å²) < 4.78 is 34.7. The Labute approximate surface area is 49.9 Å². The van der Waals surface area contributed by atoms with Gasteiger partial charge in [0.25, 0.3) is 0 Å². The molecule has 0 saturated heterocycles. The molecule has 0 aromatic heterocycles. The lowest BCUT2D eigenvalue weighted by atomic mass is 10.3. The number of hydrogen-bond donors (Lipinski definition) is 0. The van der Waals surface area contributed by atoms with E-state index >= 15 is 0 Å². The molecular weight excluding hydrogens is 131 g/mol. The Morgan fingerprint density at radius 1 is 1.44 bits per heavy atom. The second-order valence-corrected chi connectivity index (χ2v) is 1.48. The summed E-state index contributed by atoms with van der Waals surface area (Å²) in [7, 11) is 0. The molecule has 0 saturated carbocycles. The maximum absolute atomic E-state index is 11.6. The van der Waals surface area contributed by atoms with E-state index in [4.69, 9.17) is 0 Å². The van der Waals surface area contributed by atoms with Gasteiger partial charge in [0.05, 0.1) is 11.8 Å². The minimum Gasteiger partial charge on any atom is -0.254 e. The monoisotopic (exact) mass is 133 g/mol. The fourth-order valence-corrected chi connectivity index (χ4v) is 0.406. The molecule has 1 nitrogen and oxygen atoms in total. The van der Waals surface area contributed by atoms with Crippen molar-refractivity contribution in [1.82, 2.24) is 5.32 Å². The van der Waals surface area contributed by atoms with Crippen molar-refractivity contribution in [2.75, 3.05) is 0 Å². The van der Waals surface area contributed by atoms with Crippen LogP contribution in [0.1, 0.15) is 0 Å². The van der Waals surface area contributed by atoms with E-state index in [1.54, 1.807) is 0 Å². The summed E-state index contributed by atoms with van der Waals surface area (Å²) in [6.07, 6.45) is -0.663. The van der Waals surface area contributed by atoms with Crippen LogP contribution in [0.3, 0.4) is 0 Å². The lowest BCUT2D eigenvalue weighted by Gasteiger charge is -2.01. The highest BCUT2D eigenvalue weighted by atomic mass is 19.4. The van der Waals surface area contributed by atoms with Crippen LogP contribution >= 0.6 is 0 Å². The summed E-state index contributed by atoms with van der Waals surface area (Å²) in [6, 6.07) is 0. The third-order valence-electron chi connectivity index (χ3n) is 0.826. The molecule has 4 heteroatoms. The second kappa shape index (κ2) is 1.79. The van der Waals surface area contributed by atoms with Crippen LogP contribution in [-0.2, 0) is 0 Å². The molecule has 0 fully saturated rings. The molecule has 0 aliphatic carbocycles. The zero-order valence-corrected chi connectivity index (χ0v) is 4.24. The van der Waals surface area contributed by atoms with Gasteiger partial charge in [-0.05, 0) is 6.08 Å². The van der Waals surface area contributed by atoms with E-state index in [9.17, 15) is 13.2 Å².